The number of hydrogen-bond acceptors (Lipinski definition) is 5. The van der Waals surface area contributed by atoms with E-state index < -0.39 is 15.6 Å². The Bertz CT molecular complexity index is 984. The lowest BCUT2D eigenvalue weighted by atomic mass is 9.98. The normalized spacial score (nSPS) is 15.4. The van der Waals surface area contributed by atoms with E-state index in [1.165, 1.54) is 47.2 Å². The molecule has 1 aromatic carbocycles. The Morgan fingerprint density at radius 3 is 2.48 bits per heavy atom. The minimum Gasteiger partial charge on any atom is -0.492 e. The summed E-state index contributed by atoms with van der Waals surface area (Å²) in [6.07, 6.45) is 7.23. The Morgan fingerprint density at radius 2 is 1.94 bits per heavy atom. The highest BCUT2D eigenvalue weighted by atomic mass is 32.2. The van der Waals surface area contributed by atoms with E-state index in [2.05, 4.69) is 48.4 Å². The molecule has 5 nitrogen and oxygen atoms in total. The summed E-state index contributed by atoms with van der Waals surface area (Å²) in [6, 6.07) is 6.46. The van der Waals surface area contributed by atoms with Crippen molar-refractivity contribution in [3.63, 3.8) is 0 Å². The van der Waals surface area contributed by atoms with Crippen LogP contribution in [0.5, 0.6) is 5.75 Å². The van der Waals surface area contributed by atoms with Crippen LogP contribution < -0.4 is 4.74 Å². The van der Waals surface area contributed by atoms with Gasteiger partial charge in [0.15, 0.2) is 0 Å². The first-order valence-electron chi connectivity index (χ1n) is 10.2. The van der Waals surface area contributed by atoms with Crippen molar-refractivity contribution < 1.29 is 30.9 Å². The predicted molar refractivity (Wildman–Crippen MR) is 119 cm³/mol. The molecule has 3 rings (SSSR count). The minimum atomic E-state index is -5.84. The molecule has 1 N–H and O–H groups in total. The molecule has 1 aliphatic rings. The zero-order chi connectivity index (χ0) is 23.1. The molecule has 0 fully saturated rings. The number of benzene rings is 1. The molecule has 31 heavy (non-hydrogen) atoms. The zero-order valence-electron chi connectivity index (χ0n) is 17.6. The van der Waals surface area contributed by atoms with Crippen molar-refractivity contribution in [2.75, 3.05) is 26.2 Å². The van der Waals surface area contributed by atoms with E-state index in [1.54, 1.807) is 0 Å². The summed E-state index contributed by atoms with van der Waals surface area (Å²) in [5, 5.41) is 3.67. The van der Waals surface area contributed by atoms with Gasteiger partial charge < -0.3 is 4.74 Å². The monoisotopic (exact) mass is 479 g/mol. The van der Waals surface area contributed by atoms with Gasteiger partial charge in [-0.2, -0.15) is 21.6 Å². The Kier molecular flexibility index (Phi) is 9.35. The Hall–Kier alpha value is -1.62. The van der Waals surface area contributed by atoms with Crippen molar-refractivity contribution in [2.24, 2.45) is 0 Å². The smallest absolute Gasteiger partial charge is 0.492 e. The largest absolute Gasteiger partial charge is 0.522 e. The summed E-state index contributed by atoms with van der Waals surface area (Å²) in [5.41, 5.74) is -2.61. The van der Waals surface area contributed by atoms with Crippen LogP contribution in [0, 0.1) is 0 Å². The molecule has 0 atom stereocenters. The first-order valence-corrected chi connectivity index (χ1v) is 12.5. The molecule has 0 radical (unpaired) electrons. The van der Waals surface area contributed by atoms with Crippen LogP contribution in [-0.2, 0) is 10.1 Å². The third-order valence-corrected chi connectivity index (χ3v) is 6.38. The van der Waals surface area contributed by atoms with Crippen LogP contribution in [-0.4, -0.2) is 49.6 Å². The molecule has 0 aliphatic carbocycles. The van der Waals surface area contributed by atoms with E-state index in [9.17, 15) is 13.2 Å². The van der Waals surface area contributed by atoms with Gasteiger partial charge in [-0.05, 0) is 48.4 Å². The van der Waals surface area contributed by atoms with Crippen LogP contribution in [0.25, 0.3) is 15.7 Å². The number of unbranched alkanes of at least 4 members (excludes halogenated alkanes) is 1. The van der Waals surface area contributed by atoms with E-state index >= 15 is 0 Å². The predicted octanol–water partition coefficient (Wildman–Crippen LogP) is 5.97. The number of alkyl halides is 3. The van der Waals surface area contributed by atoms with E-state index in [0.29, 0.717) is 0 Å². The van der Waals surface area contributed by atoms with Gasteiger partial charge in [0.25, 0.3) is 0 Å². The number of thiophene rings is 1. The number of ether oxygens (including phenoxy) is 1. The zero-order valence-corrected chi connectivity index (χ0v) is 19.2. The number of fused-ring (bicyclic) bond motifs is 1. The van der Waals surface area contributed by atoms with Crippen LogP contribution in [0.2, 0.25) is 0 Å². The molecular formula is C21H28F3NO4S2. The molecular weight excluding hydrogens is 451 g/mol. The third kappa shape index (κ3) is 7.20. The van der Waals surface area contributed by atoms with Crippen molar-refractivity contribution >= 4 is 37.1 Å². The molecule has 1 aliphatic heterocycles. The highest BCUT2D eigenvalue weighted by molar-refractivity contribution is 7.86. The first kappa shape index (κ1) is 25.6. The molecule has 174 valence electrons. The van der Waals surface area contributed by atoms with Crippen molar-refractivity contribution in [3.8, 4) is 5.75 Å². The summed E-state index contributed by atoms with van der Waals surface area (Å²) in [7, 11) is -5.84. The SMILES string of the molecule is CCCCN1CC=C(c2csc3c(OCCC)cccc23)CC1.O=S(=O)(O)C(F)(F)F. The number of hydrogen-bond donors (Lipinski definition) is 1. The van der Waals surface area contributed by atoms with Crippen LogP contribution in [0.3, 0.4) is 0 Å². The highest BCUT2D eigenvalue weighted by Crippen LogP contribution is 2.38. The van der Waals surface area contributed by atoms with Crippen molar-refractivity contribution in [1.29, 1.82) is 0 Å². The van der Waals surface area contributed by atoms with Gasteiger partial charge in [0.05, 0.1) is 11.3 Å². The fourth-order valence-corrected chi connectivity index (χ4v) is 4.21. The van der Waals surface area contributed by atoms with E-state index in [4.69, 9.17) is 17.7 Å². The van der Waals surface area contributed by atoms with Gasteiger partial charge >= 0.3 is 15.6 Å². The summed E-state index contributed by atoms with van der Waals surface area (Å²) in [6.45, 7) is 8.73. The molecule has 0 saturated carbocycles. The van der Waals surface area contributed by atoms with E-state index in [0.717, 1.165) is 31.7 Å². The lowest BCUT2D eigenvalue weighted by Crippen LogP contribution is -2.29. The van der Waals surface area contributed by atoms with Crippen molar-refractivity contribution in [1.82, 2.24) is 4.90 Å². The molecule has 2 aromatic rings. The van der Waals surface area contributed by atoms with Crippen LogP contribution >= 0.6 is 11.3 Å². The van der Waals surface area contributed by atoms with E-state index in [-0.39, 0.29) is 0 Å². The maximum atomic E-state index is 10.7. The summed E-state index contributed by atoms with van der Waals surface area (Å²) < 4.78 is 64.8. The second-order valence-corrected chi connectivity index (χ2v) is 9.48. The summed E-state index contributed by atoms with van der Waals surface area (Å²) in [5.74, 6) is 1.04. The van der Waals surface area contributed by atoms with Crippen molar-refractivity contribution in [3.05, 3.63) is 35.2 Å². The van der Waals surface area contributed by atoms with Gasteiger partial charge in [-0.25, -0.2) is 0 Å². The number of nitrogens with zero attached hydrogens (tertiary/aromatic N) is 1. The van der Waals surface area contributed by atoms with Gasteiger partial charge in [-0.1, -0.05) is 38.5 Å². The van der Waals surface area contributed by atoms with Gasteiger partial charge in [0.2, 0.25) is 0 Å². The average Bonchev–Trinajstić information content (AvgIpc) is 3.15. The molecule has 0 saturated heterocycles. The van der Waals surface area contributed by atoms with E-state index in [1.807, 2.05) is 11.3 Å². The lowest BCUT2D eigenvalue weighted by Gasteiger charge is -2.26. The fraction of sp³-hybridized carbons (Fsp3) is 0.524. The Labute approximate surface area is 185 Å². The summed E-state index contributed by atoms with van der Waals surface area (Å²) >= 11 is 1.82. The highest BCUT2D eigenvalue weighted by Gasteiger charge is 2.44. The minimum absolute atomic E-state index is 0.793. The number of halogens is 3. The lowest BCUT2D eigenvalue weighted by molar-refractivity contribution is -0.0510. The molecule has 0 bridgehead atoms. The second kappa shape index (κ2) is 11.3. The Morgan fingerprint density at radius 1 is 1.23 bits per heavy atom. The van der Waals surface area contributed by atoms with Gasteiger partial charge in [-0.15, -0.1) is 11.3 Å². The molecule has 0 spiro atoms. The van der Waals surface area contributed by atoms with Crippen LogP contribution in [0.15, 0.2) is 29.7 Å². The molecule has 1 aromatic heterocycles. The van der Waals surface area contributed by atoms with Crippen LogP contribution in [0.1, 0.15) is 45.1 Å². The van der Waals surface area contributed by atoms with Crippen LogP contribution in [0.4, 0.5) is 13.2 Å². The third-order valence-electron chi connectivity index (χ3n) is 4.78. The molecule has 0 unspecified atom stereocenters. The molecule has 2 heterocycles. The molecule has 10 heteroatoms. The average molecular weight is 480 g/mol. The number of rotatable bonds is 7. The second-order valence-electron chi connectivity index (χ2n) is 7.19. The van der Waals surface area contributed by atoms with Crippen molar-refractivity contribution in [2.45, 2.75) is 45.0 Å². The Balaban J connectivity index is 0.000000366. The van der Waals surface area contributed by atoms with Gasteiger partial charge in [0, 0.05) is 18.5 Å². The maximum absolute atomic E-state index is 10.7. The maximum Gasteiger partial charge on any atom is 0.522 e. The first-order chi connectivity index (χ1) is 14.6. The van der Waals surface area contributed by atoms with Gasteiger partial charge in [-0.3, -0.25) is 9.45 Å². The quantitative estimate of drug-likeness (QED) is 0.391. The fourth-order valence-electron chi connectivity index (χ4n) is 3.15. The summed E-state index contributed by atoms with van der Waals surface area (Å²) in [4.78, 5) is 2.57. The molecule has 0 amide bonds. The topological polar surface area (TPSA) is 66.8 Å². The standard InChI is InChI=1S/C20H27NOS.CHF3O3S/c1-3-5-11-21-12-9-16(10-13-21)18-15-23-20-17(18)7-6-8-19(20)22-14-4-2;2-1(3,4)8(5,6)7/h6-9,15H,3-5,10-14H2,1-2H3;(H,5,6,7). The van der Waals surface area contributed by atoms with Gasteiger partial charge in [0.1, 0.15) is 5.75 Å².